The van der Waals surface area contributed by atoms with E-state index in [0.717, 1.165) is 17.3 Å². The molecular formula is C12H12BrF3O. The average Bonchev–Trinajstić information content (AvgIpc) is 2.26. The number of rotatable bonds is 4. The predicted molar refractivity (Wildman–Crippen MR) is 65.2 cm³/mol. The standard InChI is InChI=1S/C12H12BrF3O/c1-2-9(8-13)7-10-3-5-11(6-4-10)17-12(14,15)16/h3-7H,2,8H2,1H3. The van der Waals surface area contributed by atoms with Crippen LogP contribution in [0.15, 0.2) is 29.8 Å². The molecule has 1 rings (SSSR count). The van der Waals surface area contributed by atoms with Crippen molar-refractivity contribution in [1.29, 1.82) is 0 Å². The van der Waals surface area contributed by atoms with E-state index in [1.165, 1.54) is 17.7 Å². The van der Waals surface area contributed by atoms with E-state index < -0.39 is 6.36 Å². The minimum absolute atomic E-state index is 0.202. The Hall–Kier alpha value is -0.970. The van der Waals surface area contributed by atoms with E-state index in [2.05, 4.69) is 20.7 Å². The van der Waals surface area contributed by atoms with Gasteiger partial charge >= 0.3 is 6.36 Å². The fraction of sp³-hybridized carbons (Fsp3) is 0.333. The zero-order valence-corrected chi connectivity index (χ0v) is 10.8. The van der Waals surface area contributed by atoms with E-state index in [-0.39, 0.29) is 5.75 Å². The van der Waals surface area contributed by atoms with Gasteiger partial charge in [0.1, 0.15) is 5.75 Å². The first-order valence-corrected chi connectivity index (χ1v) is 6.18. The van der Waals surface area contributed by atoms with Crippen LogP contribution in [0, 0.1) is 0 Å². The van der Waals surface area contributed by atoms with E-state index in [1.54, 1.807) is 12.1 Å². The molecule has 94 valence electrons. The van der Waals surface area contributed by atoms with Gasteiger partial charge in [0.05, 0.1) is 0 Å². The van der Waals surface area contributed by atoms with Crippen molar-refractivity contribution in [3.8, 4) is 5.75 Å². The van der Waals surface area contributed by atoms with Gasteiger partial charge in [-0.05, 0) is 24.1 Å². The molecule has 0 aliphatic carbocycles. The Kier molecular flexibility index (Phi) is 5.05. The van der Waals surface area contributed by atoms with Crippen molar-refractivity contribution >= 4 is 22.0 Å². The molecule has 0 saturated carbocycles. The molecule has 0 N–H and O–H groups in total. The molecule has 0 fully saturated rings. The van der Waals surface area contributed by atoms with Gasteiger partial charge in [0.25, 0.3) is 0 Å². The first-order valence-electron chi connectivity index (χ1n) is 5.06. The number of hydrogen-bond donors (Lipinski definition) is 0. The number of ether oxygens (including phenoxy) is 1. The summed E-state index contributed by atoms with van der Waals surface area (Å²) < 4.78 is 39.5. The maximum absolute atomic E-state index is 11.9. The molecule has 1 aromatic carbocycles. The van der Waals surface area contributed by atoms with Crippen molar-refractivity contribution in [2.75, 3.05) is 5.33 Å². The fourth-order valence-electron chi connectivity index (χ4n) is 1.24. The summed E-state index contributed by atoms with van der Waals surface area (Å²) in [7, 11) is 0. The molecule has 17 heavy (non-hydrogen) atoms. The molecule has 1 aromatic rings. The van der Waals surface area contributed by atoms with Crippen LogP contribution in [0.1, 0.15) is 18.9 Å². The topological polar surface area (TPSA) is 9.23 Å². The summed E-state index contributed by atoms with van der Waals surface area (Å²) in [5, 5.41) is 0.754. The highest BCUT2D eigenvalue weighted by Gasteiger charge is 2.30. The fourth-order valence-corrected chi connectivity index (χ4v) is 1.79. The third-order valence-corrected chi connectivity index (χ3v) is 2.83. The van der Waals surface area contributed by atoms with Gasteiger partial charge in [-0.3, -0.25) is 0 Å². The Bertz CT molecular complexity index is 376. The van der Waals surface area contributed by atoms with Crippen molar-refractivity contribution in [1.82, 2.24) is 0 Å². The zero-order chi connectivity index (χ0) is 12.9. The highest BCUT2D eigenvalue weighted by molar-refractivity contribution is 9.09. The van der Waals surface area contributed by atoms with Crippen LogP contribution in [0.3, 0.4) is 0 Å². The molecule has 0 spiro atoms. The Balaban J connectivity index is 2.78. The van der Waals surface area contributed by atoms with Crippen LogP contribution in [0.4, 0.5) is 13.2 Å². The molecule has 0 aliphatic rings. The molecule has 0 bridgehead atoms. The van der Waals surface area contributed by atoms with Crippen molar-refractivity contribution in [2.45, 2.75) is 19.7 Å². The molecule has 0 saturated heterocycles. The van der Waals surface area contributed by atoms with E-state index in [0.29, 0.717) is 0 Å². The monoisotopic (exact) mass is 308 g/mol. The van der Waals surface area contributed by atoms with Crippen LogP contribution in [0.5, 0.6) is 5.75 Å². The summed E-state index contributed by atoms with van der Waals surface area (Å²) in [6.45, 7) is 2.02. The summed E-state index contributed by atoms with van der Waals surface area (Å²) in [5.74, 6) is -0.202. The molecular weight excluding hydrogens is 297 g/mol. The second kappa shape index (κ2) is 6.10. The minimum atomic E-state index is -4.64. The second-order valence-corrected chi connectivity index (χ2v) is 3.97. The van der Waals surface area contributed by atoms with Crippen molar-refractivity contribution < 1.29 is 17.9 Å². The quantitative estimate of drug-likeness (QED) is 0.728. The Labute approximate surface area is 106 Å². The zero-order valence-electron chi connectivity index (χ0n) is 9.22. The van der Waals surface area contributed by atoms with Crippen molar-refractivity contribution in [2.24, 2.45) is 0 Å². The van der Waals surface area contributed by atoms with Gasteiger partial charge in [-0.15, -0.1) is 13.2 Å². The van der Waals surface area contributed by atoms with Gasteiger partial charge in [-0.2, -0.15) is 0 Å². The third-order valence-electron chi connectivity index (χ3n) is 2.11. The van der Waals surface area contributed by atoms with Crippen LogP contribution < -0.4 is 4.74 Å². The maximum atomic E-state index is 11.9. The molecule has 0 aromatic heterocycles. The largest absolute Gasteiger partial charge is 0.573 e. The Morgan fingerprint density at radius 3 is 2.29 bits per heavy atom. The number of hydrogen-bond acceptors (Lipinski definition) is 1. The summed E-state index contributed by atoms with van der Waals surface area (Å²) in [6.07, 6.45) is -1.81. The molecule has 0 atom stereocenters. The lowest BCUT2D eigenvalue weighted by molar-refractivity contribution is -0.274. The Morgan fingerprint density at radius 1 is 1.29 bits per heavy atom. The van der Waals surface area contributed by atoms with Gasteiger partial charge in [0.15, 0.2) is 0 Å². The van der Waals surface area contributed by atoms with Crippen molar-refractivity contribution in [3.63, 3.8) is 0 Å². The summed E-state index contributed by atoms with van der Waals surface area (Å²) in [5.41, 5.74) is 2.03. The lowest BCUT2D eigenvalue weighted by atomic mass is 10.1. The highest BCUT2D eigenvalue weighted by Crippen LogP contribution is 2.23. The number of benzene rings is 1. The molecule has 1 nitrogen and oxygen atoms in total. The second-order valence-electron chi connectivity index (χ2n) is 3.41. The highest BCUT2D eigenvalue weighted by atomic mass is 79.9. The molecule has 0 unspecified atom stereocenters. The predicted octanol–water partition coefficient (Wildman–Crippen LogP) is 4.77. The van der Waals surface area contributed by atoms with Gasteiger partial charge in [-0.1, -0.05) is 46.6 Å². The Morgan fingerprint density at radius 2 is 1.88 bits per heavy atom. The molecule has 0 aliphatic heterocycles. The van der Waals surface area contributed by atoms with Crippen LogP contribution in [-0.4, -0.2) is 11.7 Å². The number of halogens is 4. The number of allylic oxidation sites excluding steroid dienone is 1. The van der Waals surface area contributed by atoms with E-state index in [1.807, 2.05) is 13.0 Å². The van der Waals surface area contributed by atoms with Crippen molar-refractivity contribution in [3.05, 3.63) is 35.4 Å². The van der Waals surface area contributed by atoms with Gasteiger partial charge in [-0.25, -0.2) is 0 Å². The van der Waals surface area contributed by atoms with Crippen LogP contribution >= 0.6 is 15.9 Å². The lowest BCUT2D eigenvalue weighted by Gasteiger charge is -2.08. The average molecular weight is 309 g/mol. The van der Waals surface area contributed by atoms with E-state index in [4.69, 9.17) is 0 Å². The molecule has 0 amide bonds. The lowest BCUT2D eigenvalue weighted by Crippen LogP contribution is -2.16. The van der Waals surface area contributed by atoms with Gasteiger partial charge < -0.3 is 4.74 Å². The van der Waals surface area contributed by atoms with Gasteiger partial charge in [0, 0.05) is 5.33 Å². The first kappa shape index (κ1) is 14.1. The van der Waals surface area contributed by atoms with Crippen LogP contribution in [-0.2, 0) is 0 Å². The third kappa shape index (κ3) is 5.26. The summed E-state index contributed by atoms with van der Waals surface area (Å²) in [6, 6.07) is 5.81. The molecule has 5 heteroatoms. The summed E-state index contributed by atoms with van der Waals surface area (Å²) >= 11 is 3.35. The van der Waals surface area contributed by atoms with Crippen LogP contribution in [0.2, 0.25) is 0 Å². The van der Waals surface area contributed by atoms with Crippen LogP contribution in [0.25, 0.3) is 6.08 Å². The van der Waals surface area contributed by atoms with E-state index in [9.17, 15) is 13.2 Å². The smallest absolute Gasteiger partial charge is 0.406 e. The summed E-state index contributed by atoms with van der Waals surface area (Å²) in [4.78, 5) is 0. The minimum Gasteiger partial charge on any atom is -0.406 e. The number of alkyl halides is 4. The molecule has 0 heterocycles. The van der Waals surface area contributed by atoms with E-state index >= 15 is 0 Å². The normalized spacial score (nSPS) is 12.6. The first-order chi connectivity index (χ1) is 7.94. The molecule has 0 radical (unpaired) electrons. The SMILES string of the molecule is CCC(=Cc1ccc(OC(F)(F)F)cc1)CBr. The maximum Gasteiger partial charge on any atom is 0.573 e. The van der Waals surface area contributed by atoms with Gasteiger partial charge in [0.2, 0.25) is 0 Å².